The summed E-state index contributed by atoms with van der Waals surface area (Å²) in [5.41, 5.74) is 7.02. The number of carbonyl (C=O) groups excluding carboxylic acids is 1. The molecule has 0 radical (unpaired) electrons. The summed E-state index contributed by atoms with van der Waals surface area (Å²) in [6.45, 7) is 5.15. The van der Waals surface area contributed by atoms with Crippen molar-refractivity contribution in [3.05, 3.63) is 48.0 Å². The number of nitrogens with two attached hydrogens (primary N) is 1. The first-order valence-electron chi connectivity index (χ1n) is 8.48. The van der Waals surface area contributed by atoms with E-state index in [1.165, 1.54) is 13.2 Å². The number of carbonyl (C=O) groups is 1. The SMILES string of the molecule is COc1ccccc1NS(=O)(=O)c1cc(NC(=O)C(C)C(C)N)ccc1C.Cl. The third-order valence-electron chi connectivity index (χ3n) is 4.30. The zero-order valence-electron chi connectivity index (χ0n) is 16.2. The number of halogens is 1. The molecule has 0 spiro atoms. The summed E-state index contributed by atoms with van der Waals surface area (Å²) in [4.78, 5) is 12.3. The number of hydrogen-bond donors (Lipinski definition) is 3. The molecule has 2 rings (SSSR count). The molecule has 0 aliphatic rings. The van der Waals surface area contributed by atoms with E-state index in [0.29, 0.717) is 22.7 Å². The smallest absolute Gasteiger partial charge is 0.262 e. The maximum absolute atomic E-state index is 12.9. The molecule has 0 aromatic heterocycles. The third-order valence-corrected chi connectivity index (χ3v) is 5.81. The summed E-state index contributed by atoms with van der Waals surface area (Å²) in [5, 5.41) is 2.71. The van der Waals surface area contributed by atoms with E-state index in [0.717, 1.165) is 0 Å². The topological polar surface area (TPSA) is 111 Å². The molecule has 28 heavy (non-hydrogen) atoms. The average molecular weight is 428 g/mol. The fourth-order valence-electron chi connectivity index (χ4n) is 2.39. The largest absolute Gasteiger partial charge is 0.495 e. The summed E-state index contributed by atoms with van der Waals surface area (Å²) in [7, 11) is -2.41. The van der Waals surface area contributed by atoms with Crippen LogP contribution < -0.4 is 20.5 Å². The number of rotatable bonds is 7. The van der Waals surface area contributed by atoms with Crippen LogP contribution in [0.15, 0.2) is 47.4 Å². The second-order valence-electron chi connectivity index (χ2n) is 6.42. The van der Waals surface area contributed by atoms with E-state index in [1.807, 2.05) is 0 Å². The maximum Gasteiger partial charge on any atom is 0.262 e. The second-order valence-corrected chi connectivity index (χ2v) is 8.07. The van der Waals surface area contributed by atoms with Crippen LogP contribution in [0.3, 0.4) is 0 Å². The van der Waals surface area contributed by atoms with Crippen LogP contribution in [0.2, 0.25) is 0 Å². The van der Waals surface area contributed by atoms with Crippen molar-refractivity contribution in [3.63, 3.8) is 0 Å². The van der Waals surface area contributed by atoms with Crippen LogP contribution in [-0.2, 0) is 14.8 Å². The first-order chi connectivity index (χ1) is 12.7. The zero-order valence-corrected chi connectivity index (χ0v) is 17.9. The van der Waals surface area contributed by atoms with Gasteiger partial charge in [0.1, 0.15) is 5.75 Å². The number of anilines is 2. The molecule has 0 aliphatic carbocycles. The van der Waals surface area contributed by atoms with Crippen molar-refractivity contribution in [2.24, 2.45) is 11.7 Å². The van der Waals surface area contributed by atoms with Crippen molar-refractivity contribution in [3.8, 4) is 5.75 Å². The number of methoxy groups -OCH3 is 1. The fourth-order valence-corrected chi connectivity index (χ4v) is 3.73. The molecule has 0 bridgehead atoms. The number of amides is 1. The van der Waals surface area contributed by atoms with E-state index in [1.54, 1.807) is 57.2 Å². The number of sulfonamides is 1. The molecule has 0 heterocycles. The average Bonchev–Trinajstić information content (AvgIpc) is 2.62. The molecule has 2 aromatic rings. The summed E-state index contributed by atoms with van der Waals surface area (Å²) < 4.78 is 33.5. The van der Waals surface area contributed by atoms with Crippen LogP contribution in [0.4, 0.5) is 11.4 Å². The van der Waals surface area contributed by atoms with Crippen LogP contribution >= 0.6 is 12.4 Å². The Balaban J connectivity index is 0.00000392. The predicted octanol–water partition coefficient (Wildman–Crippen LogP) is 3.15. The molecule has 7 nitrogen and oxygen atoms in total. The summed E-state index contributed by atoms with van der Waals surface area (Å²) >= 11 is 0. The molecule has 0 fully saturated rings. The van der Waals surface area contributed by atoms with Gasteiger partial charge >= 0.3 is 0 Å². The molecule has 0 saturated carbocycles. The normalized spacial score (nSPS) is 13.0. The van der Waals surface area contributed by atoms with Crippen LogP contribution in [0.25, 0.3) is 0 Å². The maximum atomic E-state index is 12.9. The number of hydrogen-bond acceptors (Lipinski definition) is 5. The van der Waals surface area contributed by atoms with Crippen molar-refractivity contribution in [1.29, 1.82) is 0 Å². The highest BCUT2D eigenvalue weighted by atomic mass is 35.5. The third kappa shape index (κ3) is 5.60. The number of para-hydroxylation sites is 2. The fraction of sp³-hybridized carbons (Fsp3) is 0.316. The number of aryl methyl sites for hydroxylation is 1. The van der Waals surface area contributed by atoms with E-state index < -0.39 is 15.9 Å². The van der Waals surface area contributed by atoms with Crippen molar-refractivity contribution in [2.75, 3.05) is 17.1 Å². The second kappa shape index (κ2) is 9.77. The van der Waals surface area contributed by atoms with Gasteiger partial charge in [-0.1, -0.05) is 25.1 Å². The van der Waals surface area contributed by atoms with Gasteiger partial charge in [0.25, 0.3) is 10.0 Å². The highest BCUT2D eigenvalue weighted by Crippen LogP contribution is 2.28. The van der Waals surface area contributed by atoms with Gasteiger partial charge in [-0.3, -0.25) is 9.52 Å². The van der Waals surface area contributed by atoms with Gasteiger partial charge in [-0.05, 0) is 43.7 Å². The Morgan fingerprint density at radius 3 is 2.39 bits per heavy atom. The van der Waals surface area contributed by atoms with E-state index in [9.17, 15) is 13.2 Å². The lowest BCUT2D eigenvalue weighted by Gasteiger charge is -2.17. The van der Waals surface area contributed by atoms with Crippen LogP contribution in [-0.4, -0.2) is 27.5 Å². The molecular formula is C19H26ClN3O4S. The molecule has 9 heteroatoms. The number of ether oxygens (including phenoxy) is 1. The Hall–Kier alpha value is -2.29. The van der Waals surface area contributed by atoms with Gasteiger partial charge in [-0.2, -0.15) is 0 Å². The first-order valence-corrected chi connectivity index (χ1v) is 9.97. The lowest BCUT2D eigenvalue weighted by Crippen LogP contribution is -2.34. The summed E-state index contributed by atoms with van der Waals surface area (Å²) in [5.74, 6) is -0.262. The van der Waals surface area contributed by atoms with E-state index in [4.69, 9.17) is 10.5 Å². The van der Waals surface area contributed by atoms with Crippen LogP contribution in [0.5, 0.6) is 5.75 Å². The Labute approximate surface area is 172 Å². The van der Waals surface area contributed by atoms with Gasteiger partial charge in [-0.25, -0.2) is 8.42 Å². The molecule has 154 valence electrons. The van der Waals surface area contributed by atoms with Crippen LogP contribution in [0, 0.1) is 12.8 Å². The Bertz CT molecular complexity index is 933. The van der Waals surface area contributed by atoms with E-state index in [2.05, 4.69) is 10.0 Å². The van der Waals surface area contributed by atoms with Gasteiger partial charge in [0.05, 0.1) is 23.6 Å². The molecular weight excluding hydrogens is 402 g/mol. The minimum atomic E-state index is -3.88. The minimum Gasteiger partial charge on any atom is -0.495 e. The number of benzene rings is 2. The van der Waals surface area contributed by atoms with E-state index >= 15 is 0 Å². The van der Waals surface area contributed by atoms with Crippen molar-refractivity contribution < 1.29 is 17.9 Å². The molecule has 2 unspecified atom stereocenters. The van der Waals surface area contributed by atoms with Crippen molar-refractivity contribution >= 4 is 39.7 Å². The molecule has 4 N–H and O–H groups in total. The molecule has 0 aliphatic heterocycles. The Kier molecular flexibility index (Phi) is 8.29. The van der Waals surface area contributed by atoms with Gasteiger partial charge < -0.3 is 15.8 Å². The summed E-state index contributed by atoms with van der Waals surface area (Å²) in [6.07, 6.45) is 0. The monoisotopic (exact) mass is 427 g/mol. The van der Waals surface area contributed by atoms with Gasteiger partial charge in [0, 0.05) is 11.7 Å². The molecule has 2 aromatic carbocycles. The summed E-state index contributed by atoms with van der Waals surface area (Å²) in [6, 6.07) is 11.1. The van der Waals surface area contributed by atoms with Crippen molar-refractivity contribution in [1.82, 2.24) is 0 Å². The van der Waals surface area contributed by atoms with Gasteiger partial charge in [-0.15, -0.1) is 12.4 Å². The minimum absolute atomic E-state index is 0. The van der Waals surface area contributed by atoms with Crippen molar-refractivity contribution in [2.45, 2.75) is 31.7 Å². The molecule has 1 amide bonds. The standard InChI is InChI=1S/C19H25N3O4S.ClH/c1-12-9-10-15(21-19(23)13(2)14(3)20)11-18(12)27(24,25)22-16-7-5-6-8-17(16)26-4;/h5-11,13-14,22H,20H2,1-4H3,(H,21,23);1H. The van der Waals surface area contributed by atoms with E-state index in [-0.39, 0.29) is 29.3 Å². The van der Waals surface area contributed by atoms with Gasteiger partial charge in [0.2, 0.25) is 5.91 Å². The highest BCUT2D eigenvalue weighted by Gasteiger charge is 2.21. The van der Waals surface area contributed by atoms with Gasteiger partial charge in [0.15, 0.2) is 0 Å². The predicted molar refractivity (Wildman–Crippen MR) is 114 cm³/mol. The van der Waals surface area contributed by atoms with Crippen LogP contribution in [0.1, 0.15) is 19.4 Å². The zero-order chi connectivity index (χ0) is 20.2. The molecule has 0 saturated heterocycles. The lowest BCUT2D eigenvalue weighted by atomic mass is 10.0. The highest BCUT2D eigenvalue weighted by molar-refractivity contribution is 7.92. The first kappa shape index (κ1) is 23.7. The number of nitrogens with one attached hydrogen (secondary N) is 2. The Morgan fingerprint density at radius 1 is 1.14 bits per heavy atom. The quantitative estimate of drug-likeness (QED) is 0.628. The molecule has 2 atom stereocenters. The Morgan fingerprint density at radius 2 is 1.79 bits per heavy atom. The lowest BCUT2D eigenvalue weighted by molar-refractivity contribution is -0.119.